The van der Waals surface area contributed by atoms with Gasteiger partial charge in [-0.1, -0.05) is 29.8 Å². The fourth-order valence-corrected chi connectivity index (χ4v) is 2.92. The molecule has 2 rings (SSSR count). The summed E-state index contributed by atoms with van der Waals surface area (Å²) < 4.78 is 6.70. The Bertz CT molecular complexity index is 762. The molecule has 0 fully saturated rings. The SMILES string of the molecule is CNC(=O)[C@@H](C)N(Cc1cccc(C)c1)C(=O)COc1ccc(I)cc1. The fourth-order valence-electron chi connectivity index (χ4n) is 2.56. The standard InChI is InChI=1S/C20H23IN2O3/c1-14-5-4-6-16(11-14)12-23(15(2)20(25)22-3)19(24)13-26-18-9-7-17(21)8-10-18/h4-11,15H,12-13H2,1-3H3,(H,22,25)/t15-/m1/s1. The van der Waals surface area contributed by atoms with Gasteiger partial charge in [-0.15, -0.1) is 0 Å². The summed E-state index contributed by atoms with van der Waals surface area (Å²) in [6.07, 6.45) is 0. The molecule has 2 amide bonds. The molecular weight excluding hydrogens is 443 g/mol. The third-order valence-electron chi connectivity index (χ3n) is 4.03. The van der Waals surface area contributed by atoms with E-state index in [0.29, 0.717) is 12.3 Å². The first kappa shape index (κ1) is 20.2. The number of hydrogen-bond donors (Lipinski definition) is 1. The molecule has 1 atom stereocenters. The Morgan fingerprint density at radius 2 is 1.88 bits per heavy atom. The molecule has 0 aliphatic rings. The highest BCUT2D eigenvalue weighted by molar-refractivity contribution is 14.1. The van der Waals surface area contributed by atoms with Gasteiger partial charge in [-0.3, -0.25) is 9.59 Å². The zero-order valence-corrected chi connectivity index (χ0v) is 17.3. The summed E-state index contributed by atoms with van der Waals surface area (Å²) in [5.41, 5.74) is 2.08. The first-order valence-electron chi connectivity index (χ1n) is 8.35. The van der Waals surface area contributed by atoms with E-state index in [4.69, 9.17) is 4.74 Å². The quantitative estimate of drug-likeness (QED) is 0.639. The first-order chi connectivity index (χ1) is 12.4. The van der Waals surface area contributed by atoms with Crippen LogP contribution < -0.4 is 10.1 Å². The van der Waals surface area contributed by atoms with Gasteiger partial charge in [-0.2, -0.15) is 0 Å². The van der Waals surface area contributed by atoms with E-state index in [1.165, 1.54) is 0 Å². The van der Waals surface area contributed by atoms with Crippen molar-refractivity contribution >= 4 is 34.4 Å². The molecule has 1 N–H and O–H groups in total. The lowest BCUT2D eigenvalue weighted by molar-refractivity contribution is -0.142. The topological polar surface area (TPSA) is 58.6 Å². The van der Waals surface area contributed by atoms with Gasteiger partial charge in [0, 0.05) is 17.2 Å². The summed E-state index contributed by atoms with van der Waals surface area (Å²) in [4.78, 5) is 26.4. The average molecular weight is 466 g/mol. The first-order valence-corrected chi connectivity index (χ1v) is 9.43. The number of amides is 2. The lowest BCUT2D eigenvalue weighted by Crippen LogP contribution is -2.48. The smallest absolute Gasteiger partial charge is 0.261 e. The maximum atomic E-state index is 12.8. The monoisotopic (exact) mass is 466 g/mol. The van der Waals surface area contributed by atoms with Gasteiger partial charge in [0.15, 0.2) is 6.61 Å². The number of halogens is 1. The lowest BCUT2D eigenvalue weighted by Gasteiger charge is -2.28. The van der Waals surface area contributed by atoms with E-state index in [1.54, 1.807) is 18.9 Å². The molecule has 2 aromatic rings. The van der Waals surface area contributed by atoms with E-state index in [2.05, 4.69) is 27.9 Å². The number of benzene rings is 2. The molecule has 0 heterocycles. The highest BCUT2D eigenvalue weighted by Crippen LogP contribution is 2.15. The molecule has 0 spiro atoms. The highest BCUT2D eigenvalue weighted by atomic mass is 127. The van der Waals surface area contributed by atoms with Gasteiger partial charge in [0.05, 0.1) is 0 Å². The summed E-state index contributed by atoms with van der Waals surface area (Å²) in [6, 6.07) is 14.8. The Morgan fingerprint density at radius 3 is 2.50 bits per heavy atom. The minimum Gasteiger partial charge on any atom is -0.484 e. The second kappa shape index (κ2) is 9.56. The summed E-state index contributed by atoms with van der Waals surface area (Å²) >= 11 is 2.21. The van der Waals surface area contributed by atoms with Crippen molar-refractivity contribution in [2.75, 3.05) is 13.7 Å². The molecule has 6 heteroatoms. The van der Waals surface area contributed by atoms with Crippen LogP contribution in [-0.2, 0) is 16.1 Å². The fraction of sp³-hybridized carbons (Fsp3) is 0.300. The van der Waals surface area contributed by atoms with Crippen LogP contribution in [0.2, 0.25) is 0 Å². The average Bonchev–Trinajstić information content (AvgIpc) is 2.64. The van der Waals surface area contributed by atoms with Gasteiger partial charge in [0.25, 0.3) is 5.91 Å². The van der Waals surface area contributed by atoms with Crippen LogP contribution in [-0.4, -0.2) is 36.4 Å². The molecule has 138 valence electrons. The van der Waals surface area contributed by atoms with Crippen LogP contribution in [0.1, 0.15) is 18.1 Å². The lowest BCUT2D eigenvalue weighted by atomic mass is 10.1. The Hall–Kier alpha value is -2.09. The van der Waals surface area contributed by atoms with Crippen molar-refractivity contribution in [2.24, 2.45) is 0 Å². The number of carbonyl (C=O) groups excluding carboxylic acids is 2. The number of likely N-dealkylation sites (N-methyl/N-ethyl adjacent to an activating group) is 1. The Kier molecular flexibility index (Phi) is 7.44. The van der Waals surface area contributed by atoms with Crippen molar-refractivity contribution in [2.45, 2.75) is 26.4 Å². The molecule has 2 aromatic carbocycles. The molecule has 0 aliphatic heterocycles. The van der Waals surface area contributed by atoms with Gasteiger partial charge >= 0.3 is 0 Å². The van der Waals surface area contributed by atoms with Crippen molar-refractivity contribution in [1.29, 1.82) is 0 Å². The van der Waals surface area contributed by atoms with Crippen molar-refractivity contribution in [3.8, 4) is 5.75 Å². The summed E-state index contributed by atoms with van der Waals surface area (Å²) in [6.45, 7) is 3.95. The minimum atomic E-state index is -0.590. The van der Waals surface area contributed by atoms with E-state index >= 15 is 0 Å². The van der Waals surface area contributed by atoms with E-state index in [1.807, 2.05) is 55.5 Å². The molecule has 0 bridgehead atoms. The van der Waals surface area contributed by atoms with Crippen molar-refractivity contribution in [1.82, 2.24) is 10.2 Å². The number of hydrogen-bond acceptors (Lipinski definition) is 3. The van der Waals surface area contributed by atoms with E-state index in [9.17, 15) is 9.59 Å². The number of rotatable bonds is 7. The molecular formula is C20H23IN2O3. The largest absolute Gasteiger partial charge is 0.484 e. The van der Waals surface area contributed by atoms with Gasteiger partial charge in [0.1, 0.15) is 11.8 Å². The normalized spacial score (nSPS) is 11.5. The van der Waals surface area contributed by atoms with Gasteiger partial charge in [-0.25, -0.2) is 0 Å². The second-order valence-corrected chi connectivity index (χ2v) is 7.29. The summed E-state index contributed by atoms with van der Waals surface area (Å²) in [7, 11) is 1.57. The maximum Gasteiger partial charge on any atom is 0.261 e. The van der Waals surface area contributed by atoms with Crippen LogP contribution in [0, 0.1) is 10.5 Å². The van der Waals surface area contributed by atoms with E-state index < -0.39 is 6.04 Å². The third kappa shape index (κ3) is 5.72. The number of nitrogens with zero attached hydrogens (tertiary/aromatic N) is 1. The Labute approximate surface area is 167 Å². The summed E-state index contributed by atoms with van der Waals surface area (Å²) in [5.74, 6) is 0.184. The minimum absolute atomic E-state index is 0.117. The van der Waals surface area contributed by atoms with E-state index in [0.717, 1.165) is 14.7 Å². The van der Waals surface area contributed by atoms with Crippen molar-refractivity contribution < 1.29 is 14.3 Å². The molecule has 0 radical (unpaired) electrons. The van der Waals surface area contributed by atoms with Crippen LogP contribution in [0.5, 0.6) is 5.75 Å². The van der Waals surface area contributed by atoms with Crippen molar-refractivity contribution in [3.05, 3.63) is 63.2 Å². The molecule has 0 unspecified atom stereocenters. The Morgan fingerprint density at radius 1 is 1.19 bits per heavy atom. The zero-order chi connectivity index (χ0) is 19.1. The highest BCUT2D eigenvalue weighted by Gasteiger charge is 2.25. The Balaban J connectivity index is 2.12. The van der Waals surface area contributed by atoms with Crippen molar-refractivity contribution in [3.63, 3.8) is 0 Å². The number of carbonyl (C=O) groups is 2. The van der Waals surface area contributed by atoms with Gasteiger partial charge < -0.3 is 15.0 Å². The third-order valence-corrected chi connectivity index (χ3v) is 4.74. The van der Waals surface area contributed by atoms with Gasteiger partial charge in [0.2, 0.25) is 5.91 Å². The number of ether oxygens (including phenoxy) is 1. The van der Waals surface area contributed by atoms with Crippen LogP contribution in [0.4, 0.5) is 0 Å². The van der Waals surface area contributed by atoms with Crippen LogP contribution in [0.3, 0.4) is 0 Å². The van der Waals surface area contributed by atoms with Crippen LogP contribution >= 0.6 is 22.6 Å². The predicted octanol–water partition coefficient (Wildman–Crippen LogP) is 3.14. The number of nitrogens with one attached hydrogen (secondary N) is 1. The van der Waals surface area contributed by atoms with Crippen LogP contribution in [0.25, 0.3) is 0 Å². The molecule has 5 nitrogen and oxygen atoms in total. The molecule has 0 saturated heterocycles. The zero-order valence-electron chi connectivity index (χ0n) is 15.2. The molecule has 26 heavy (non-hydrogen) atoms. The number of aryl methyl sites for hydroxylation is 1. The summed E-state index contributed by atoms with van der Waals surface area (Å²) in [5, 5.41) is 2.60. The second-order valence-electron chi connectivity index (χ2n) is 6.04. The molecule has 0 aromatic heterocycles. The van der Waals surface area contributed by atoms with Crippen LogP contribution in [0.15, 0.2) is 48.5 Å². The van der Waals surface area contributed by atoms with E-state index in [-0.39, 0.29) is 18.4 Å². The molecule has 0 saturated carbocycles. The van der Waals surface area contributed by atoms with Gasteiger partial charge in [-0.05, 0) is 66.3 Å². The predicted molar refractivity (Wildman–Crippen MR) is 110 cm³/mol. The molecule has 0 aliphatic carbocycles. The maximum absolute atomic E-state index is 12.8.